The van der Waals surface area contributed by atoms with Gasteiger partial charge in [-0.15, -0.1) is 0 Å². The van der Waals surface area contributed by atoms with Gasteiger partial charge in [-0.25, -0.2) is 4.79 Å². The molecule has 114 valence electrons. The Morgan fingerprint density at radius 1 is 1.09 bits per heavy atom. The van der Waals surface area contributed by atoms with E-state index in [1.54, 1.807) is 19.1 Å². The van der Waals surface area contributed by atoms with E-state index in [0.717, 1.165) is 0 Å². The molecule has 1 aromatic heterocycles. The minimum atomic E-state index is -0.847. The van der Waals surface area contributed by atoms with Gasteiger partial charge in [0.25, 0.3) is 0 Å². The first kappa shape index (κ1) is 14.2. The molecule has 0 saturated carbocycles. The van der Waals surface area contributed by atoms with Gasteiger partial charge in [-0.2, -0.15) is 0 Å². The van der Waals surface area contributed by atoms with Crippen LogP contribution in [0.3, 0.4) is 0 Å². The van der Waals surface area contributed by atoms with Crippen LogP contribution < -0.4 is 14.9 Å². The molecule has 1 aromatic carbocycles. The molecule has 1 atom stereocenters. The van der Waals surface area contributed by atoms with E-state index in [-0.39, 0.29) is 11.0 Å². The van der Waals surface area contributed by atoms with Crippen LogP contribution in [0.15, 0.2) is 33.7 Å². The molecule has 1 aliphatic rings. The normalized spacial score (nSPS) is 16.1. The zero-order valence-corrected chi connectivity index (χ0v) is 12.3. The average molecular weight is 302 g/mol. The molecule has 0 unspecified atom stereocenters. The third kappa shape index (κ3) is 2.13. The molecule has 6 heteroatoms. The fourth-order valence-corrected chi connectivity index (χ4v) is 2.48. The average Bonchev–Trinajstić information content (AvgIpc) is 2.83. The van der Waals surface area contributed by atoms with Gasteiger partial charge in [0.2, 0.25) is 0 Å². The molecule has 0 N–H and O–H groups in total. The van der Waals surface area contributed by atoms with E-state index >= 15 is 0 Å². The van der Waals surface area contributed by atoms with Crippen molar-refractivity contribution < 1.29 is 23.4 Å². The number of aryl methyl sites for hydroxylation is 1. The number of fused-ring (bicyclic) bond motifs is 1. The fraction of sp³-hybridized carbons (Fsp3) is 0.250. The predicted octanol–water partition coefficient (Wildman–Crippen LogP) is 2.23. The summed E-state index contributed by atoms with van der Waals surface area (Å²) in [5.41, 5.74) is 0.819. The van der Waals surface area contributed by atoms with Crippen LogP contribution in [0, 0.1) is 6.92 Å². The summed E-state index contributed by atoms with van der Waals surface area (Å²) in [6.07, 6.45) is 0.467. The molecule has 3 rings (SSSR count). The number of esters is 1. The molecular weight excluding hydrogens is 288 g/mol. The van der Waals surface area contributed by atoms with Crippen LogP contribution in [-0.2, 0) is 4.74 Å². The summed E-state index contributed by atoms with van der Waals surface area (Å²) in [6.45, 7) is 1.67. The van der Waals surface area contributed by atoms with Crippen molar-refractivity contribution >= 4 is 5.97 Å². The highest BCUT2D eigenvalue weighted by molar-refractivity contribution is 5.96. The Morgan fingerprint density at radius 2 is 1.86 bits per heavy atom. The lowest BCUT2D eigenvalue weighted by atomic mass is 9.98. The van der Waals surface area contributed by atoms with Crippen molar-refractivity contribution in [1.29, 1.82) is 0 Å². The Hall–Kier alpha value is -2.76. The zero-order chi connectivity index (χ0) is 15.9. The zero-order valence-electron chi connectivity index (χ0n) is 12.3. The Morgan fingerprint density at radius 3 is 2.50 bits per heavy atom. The molecule has 0 radical (unpaired) electrons. The van der Waals surface area contributed by atoms with Gasteiger partial charge in [0.05, 0.1) is 30.9 Å². The van der Waals surface area contributed by atoms with E-state index in [9.17, 15) is 9.59 Å². The van der Waals surface area contributed by atoms with Crippen LogP contribution in [0.2, 0.25) is 0 Å². The number of carbonyl (C=O) groups excluding carboxylic acids is 1. The number of methoxy groups -OCH3 is 2. The number of carbonyl (C=O) groups is 1. The number of ether oxygens (including phenoxy) is 3. The maximum Gasteiger partial charge on any atom is 0.339 e. The van der Waals surface area contributed by atoms with E-state index in [1.807, 2.05) is 0 Å². The molecule has 0 amide bonds. The Balaban J connectivity index is 2.20. The van der Waals surface area contributed by atoms with Gasteiger partial charge < -0.3 is 18.6 Å². The number of hydrogen-bond donors (Lipinski definition) is 0. The molecule has 0 aliphatic carbocycles. The summed E-state index contributed by atoms with van der Waals surface area (Å²) in [5, 5.41) is 0. The third-order valence-electron chi connectivity index (χ3n) is 3.55. The van der Waals surface area contributed by atoms with Gasteiger partial charge in [-0.1, -0.05) is 0 Å². The monoisotopic (exact) mass is 302 g/mol. The van der Waals surface area contributed by atoms with Crippen LogP contribution in [0.1, 0.15) is 33.3 Å². The van der Waals surface area contributed by atoms with Crippen LogP contribution in [0.4, 0.5) is 0 Å². The lowest BCUT2D eigenvalue weighted by Gasteiger charge is -2.13. The van der Waals surface area contributed by atoms with E-state index in [4.69, 9.17) is 18.6 Å². The van der Waals surface area contributed by atoms with Gasteiger partial charge in [0, 0.05) is 12.1 Å². The molecule has 2 heterocycles. The molecule has 22 heavy (non-hydrogen) atoms. The Bertz CT molecular complexity index is 805. The van der Waals surface area contributed by atoms with E-state index in [1.165, 1.54) is 26.5 Å². The van der Waals surface area contributed by atoms with Crippen molar-refractivity contribution in [2.24, 2.45) is 0 Å². The van der Waals surface area contributed by atoms with Gasteiger partial charge >= 0.3 is 5.97 Å². The second-order valence-corrected chi connectivity index (χ2v) is 4.89. The maximum absolute atomic E-state index is 12.1. The van der Waals surface area contributed by atoms with Gasteiger partial charge in [-0.05, 0) is 13.0 Å². The lowest BCUT2D eigenvalue weighted by molar-refractivity contribution is 0.0450. The SMILES string of the molecule is COc1cc(OC)c2c(c1)C(=O)O[C@@H]2c1coc(C)cc1=O. The van der Waals surface area contributed by atoms with E-state index in [0.29, 0.717) is 28.4 Å². The van der Waals surface area contributed by atoms with Crippen molar-refractivity contribution in [2.75, 3.05) is 14.2 Å². The minimum Gasteiger partial charge on any atom is -0.497 e. The summed E-state index contributed by atoms with van der Waals surface area (Å²) in [5.74, 6) is 0.853. The van der Waals surface area contributed by atoms with E-state index in [2.05, 4.69) is 0 Å². The smallest absolute Gasteiger partial charge is 0.339 e. The fourth-order valence-electron chi connectivity index (χ4n) is 2.48. The molecule has 0 bridgehead atoms. The van der Waals surface area contributed by atoms with Crippen LogP contribution in [0.25, 0.3) is 0 Å². The van der Waals surface area contributed by atoms with Gasteiger partial charge in [-0.3, -0.25) is 4.79 Å². The molecule has 0 spiro atoms. The van der Waals surface area contributed by atoms with Crippen molar-refractivity contribution in [3.63, 3.8) is 0 Å². The summed E-state index contributed by atoms with van der Waals surface area (Å²) >= 11 is 0. The third-order valence-corrected chi connectivity index (χ3v) is 3.55. The quantitative estimate of drug-likeness (QED) is 0.809. The first-order chi connectivity index (χ1) is 10.5. The van der Waals surface area contributed by atoms with Crippen LogP contribution in [-0.4, -0.2) is 20.2 Å². The number of rotatable bonds is 3. The van der Waals surface area contributed by atoms with Crippen molar-refractivity contribution in [1.82, 2.24) is 0 Å². The van der Waals surface area contributed by atoms with Gasteiger partial charge in [0.1, 0.15) is 23.5 Å². The summed E-state index contributed by atoms with van der Waals surface area (Å²) in [4.78, 5) is 24.2. The number of cyclic esters (lactones) is 1. The molecule has 0 fully saturated rings. The molecule has 0 saturated heterocycles. The van der Waals surface area contributed by atoms with Crippen molar-refractivity contribution in [3.05, 3.63) is 57.1 Å². The molecular formula is C16H14O6. The Labute approximate surface area is 126 Å². The second-order valence-electron chi connectivity index (χ2n) is 4.89. The standard InChI is InChI=1S/C16H14O6/c1-8-4-12(17)11(7-21-8)15-14-10(16(18)22-15)5-9(19-2)6-13(14)20-3/h4-7,15H,1-3H3/t15-/m1/s1. The minimum absolute atomic E-state index is 0.251. The Kier molecular flexibility index (Phi) is 3.36. The highest BCUT2D eigenvalue weighted by atomic mass is 16.6. The predicted molar refractivity (Wildman–Crippen MR) is 76.5 cm³/mol. The number of benzene rings is 1. The van der Waals surface area contributed by atoms with E-state index < -0.39 is 12.1 Å². The maximum atomic E-state index is 12.1. The summed E-state index contributed by atoms with van der Waals surface area (Å²) < 4.78 is 21.1. The summed E-state index contributed by atoms with van der Waals surface area (Å²) in [7, 11) is 2.97. The largest absolute Gasteiger partial charge is 0.497 e. The molecule has 1 aliphatic heterocycles. The second kappa shape index (κ2) is 5.22. The molecule has 2 aromatic rings. The highest BCUT2D eigenvalue weighted by Gasteiger charge is 2.37. The molecule has 6 nitrogen and oxygen atoms in total. The number of hydrogen-bond acceptors (Lipinski definition) is 6. The van der Waals surface area contributed by atoms with Crippen molar-refractivity contribution in [2.45, 2.75) is 13.0 Å². The first-order valence-corrected chi connectivity index (χ1v) is 6.61. The lowest BCUT2D eigenvalue weighted by Crippen LogP contribution is -2.14. The highest BCUT2D eigenvalue weighted by Crippen LogP contribution is 2.42. The topological polar surface area (TPSA) is 75.0 Å². The first-order valence-electron chi connectivity index (χ1n) is 6.61. The van der Waals surface area contributed by atoms with Crippen LogP contribution >= 0.6 is 0 Å². The van der Waals surface area contributed by atoms with Gasteiger partial charge in [0.15, 0.2) is 11.5 Å². The van der Waals surface area contributed by atoms with Crippen LogP contribution in [0.5, 0.6) is 11.5 Å². The van der Waals surface area contributed by atoms with Crippen molar-refractivity contribution in [3.8, 4) is 11.5 Å². The summed E-state index contributed by atoms with van der Waals surface area (Å²) in [6, 6.07) is 4.57.